The van der Waals surface area contributed by atoms with Gasteiger partial charge in [0.1, 0.15) is 0 Å². The number of fused-ring (bicyclic) bond motifs is 2. The maximum absolute atomic E-state index is 11.7. The average molecular weight is 282 g/mol. The molecule has 112 valence electrons. The van der Waals surface area contributed by atoms with Gasteiger partial charge < -0.3 is 10.1 Å². The molecule has 6 nitrogen and oxygen atoms in total. The highest BCUT2D eigenvalue weighted by Crippen LogP contribution is 2.49. The van der Waals surface area contributed by atoms with Crippen LogP contribution in [-0.2, 0) is 14.3 Å². The fourth-order valence-corrected chi connectivity index (χ4v) is 3.41. The smallest absolute Gasteiger partial charge is 0.321 e. The van der Waals surface area contributed by atoms with Crippen molar-refractivity contribution in [3.05, 3.63) is 0 Å². The number of carbonyl (C=O) groups excluding carboxylic acids is 3. The number of amides is 3. The molecule has 3 amide bonds. The van der Waals surface area contributed by atoms with E-state index in [2.05, 4.69) is 10.6 Å². The fraction of sp³-hybridized carbons (Fsp3) is 0.786. The van der Waals surface area contributed by atoms with E-state index in [0.717, 1.165) is 12.3 Å². The Kier molecular flexibility index (Phi) is 4.98. The van der Waals surface area contributed by atoms with E-state index in [-0.39, 0.29) is 5.97 Å². The number of rotatable bonds is 5. The van der Waals surface area contributed by atoms with Crippen LogP contribution in [0.25, 0.3) is 0 Å². The molecule has 2 aliphatic carbocycles. The molecule has 0 spiro atoms. The Morgan fingerprint density at radius 1 is 1.20 bits per heavy atom. The lowest BCUT2D eigenvalue weighted by molar-refractivity contribution is -0.149. The summed E-state index contributed by atoms with van der Waals surface area (Å²) in [6.07, 6.45) is 5.28. The second-order valence-corrected chi connectivity index (χ2v) is 5.71. The van der Waals surface area contributed by atoms with Crippen molar-refractivity contribution in [3.8, 4) is 0 Å². The molecule has 0 aromatic heterocycles. The van der Waals surface area contributed by atoms with E-state index in [4.69, 9.17) is 4.74 Å². The van der Waals surface area contributed by atoms with Crippen molar-refractivity contribution >= 4 is 17.9 Å². The maximum Gasteiger partial charge on any atom is 0.321 e. The number of carbonyl (C=O) groups is 3. The monoisotopic (exact) mass is 282 g/mol. The van der Waals surface area contributed by atoms with Gasteiger partial charge in [-0.25, -0.2) is 4.79 Å². The zero-order valence-corrected chi connectivity index (χ0v) is 11.8. The van der Waals surface area contributed by atoms with Crippen molar-refractivity contribution in [1.82, 2.24) is 10.6 Å². The van der Waals surface area contributed by atoms with Crippen molar-refractivity contribution in [1.29, 1.82) is 0 Å². The summed E-state index contributed by atoms with van der Waals surface area (Å²) in [7, 11) is 0. The summed E-state index contributed by atoms with van der Waals surface area (Å²) in [6, 6.07) is -0.568. The molecule has 2 bridgehead atoms. The highest BCUT2D eigenvalue weighted by atomic mass is 16.5. The highest BCUT2D eigenvalue weighted by Gasteiger charge is 2.40. The first kappa shape index (κ1) is 14.8. The summed E-state index contributed by atoms with van der Waals surface area (Å²) in [5.74, 6) is 0.939. The van der Waals surface area contributed by atoms with E-state index in [1.165, 1.54) is 19.3 Å². The van der Waals surface area contributed by atoms with Gasteiger partial charge in [-0.3, -0.25) is 14.9 Å². The highest BCUT2D eigenvalue weighted by molar-refractivity contribution is 5.95. The summed E-state index contributed by atoms with van der Waals surface area (Å²) >= 11 is 0. The third kappa shape index (κ3) is 3.95. The van der Waals surface area contributed by atoms with Crippen molar-refractivity contribution in [2.45, 2.75) is 39.0 Å². The van der Waals surface area contributed by atoms with Gasteiger partial charge in [-0.15, -0.1) is 0 Å². The number of hydrogen-bond donors (Lipinski definition) is 2. The Bertz CT molecular complexity index is 397. The van der Waals surface area contributed by atoms with Crippen LogP contribution >= 0.6 is 0 Å². The predicted octanol–water partition coefficient (Wildman–Crippen LogP) is 1.20. The standard InChI is InChI=1S/C14H22N2O4/c1-2-15-14(19)16-12(17)8-20-13(18)7-11-6-9-3-4-10(11)5-9/h9-11H,2-8H2,1H3,(H2,15,16,17,19)/t9-,10-,11-/m0/s1. The normalized spacial score (nSPS) is 27.1. The van der Waals surface area contributed by atoms with E-state index in [1.54, 1.807) is 6.92 Å². The lowest BCUT2D eigenvalue weighted by atomic mass is 9.86. The number of hydrogen-bond acceptors (Lipinski definition) is 4. The first-order chi connectivity index (χ1) is 9.58. The molecule has 20 heavy (non-hydrogen) atoms. The molecule has 0 unspecified atom stereocenters. The van der Waals surface area contributed by atoms with Crippen LogP contribution in [-0.4, -0.2) is 31.1 Å². The third-order valence-electron chi connectivity index (χ3n) is 4.27. The molecule has 6 heteroatoms. The first-order valence-corrected chi connectivity index (χ1v) is 7.31. The van der Waals surface area contributed by atoms with E-state index in [0.29, 0.717) is 24.8 Å². The summed E-state index contributed by atoms with van der Waals surface area (Å²) in [4.78, 5) is 34.1. The minimum absolute atomic E-state index is 0.339. The van der Waals surface area contributed by atoms with E-state index in [9.17, 15) is 14.4 Å². The first-order valence-electron chi connectivity index (χ1n) is 7.31. The van der Waals surface area contributed by atoms with Gasteiger partial charge in [-0.1, -0.05) is 6.42 Å². The molecule has 2 aliphatic rings. The number of nitrogens with one attached hydrogen (secondary N) is 2. The van der Waals surface area contributed by atoms with Crippen molar-refractivity contribution < 1.29 is 19.1 Å². The number of ether oxygens (including phenoxy) is 1. The number of esters is 1. The second-order valence-electron chi connectivity index (χ2n) is 5.71. The molecule has 3 atom stereocenters. The van der Waals surface area contributed by atoms with Gasteiger partial charge in [0.2, 0.25) is 0 Å². The number of urea groups is 1. The molecule has 0 saturated heterocycles. The maximum atomic E-state index is 11.7. The Hall–Kier alpha value is -1.59. The summed E-state index contributed by atoms with van der Waals surface area (Å²) in [6.45, 7) is 1.79. The molecule has 0 aliphatic heterocycles. The van der Waals surface area contributed by atoms with Crippen LogP contribution in [0.4, 0.5) is 4.79 Å². The van der Waals surface area contributed by atoms with Crippen LogP contribution in [0.3, 0.4) is 0 Å². The van der Waals surface area contributed by atoms with Gasteiger partial charge in [0.25, 0.3) is 5.91 Å². The Balaban J connectivity index is 1.62. The summed E-state index contributed by atoms with van der Waals surface area (Å²) in [5.41, 5.74) is 0. The van der Waals surface area contributed by atoms with E-state index < -0.39 is 18.5 Å². The van der Waals surface area contributed by atoms with Crippen LogP contribution in [0.5, 0.6) is 0 Å². The average Bonchev–Trinajstić information content (AvgIpc) is 2.99. The van der Waals surface area contributed by atoms with Gasteiger partial charge >= 0.3 is 12.0 Å². The van der Waals surface area contributed by atoms with Crippen molar-refractivity contribution in [2.75, 3.05) is 13.2 Å². The minimum Gasteiger partial charge on any atom is -0.456 e. The molecule has 0 heterocycles. The molecule has 2 N–H and O–H groups in total. The zero-order chi connectivity index (χ0) is 14.5. The summed E-state index contributed by atoms with van der Waals surface area (Å²) in [5, 5.41) is 4.52. The molecule has 2 rings (SSSR count). The van der Waals surface area contributed by atoms with Crippen LogP contribution in [0.1, 0.15) is 39.0 Å². The molecule has 2 fully saturated rings. The van der Waals surface area contributed by atoms with Gasteiger partial charge in [-0.05, 0) is 43.9 Å². The zero-order valence-electron chi connectivity index (χ0n) is 11.8. The Morgan fingerprint density at radius 3 is 2.60 bits per heavy atom. The quantitative estimate of drug-likeness (QED) is 0.742. The molecule has 0 aromatic carbocycles. The second kappa shape index (κ2) is 6.72. The Labute approximate surface area is 118 Å². The lowest BCUT2D eigenvalue weighted by Crippen LogP contribution is -2.41. The Morgan fingerprint density at radius 2 is 2.00 bits per heavy atom. The van der Waals surface area contributed by atoms with E-state index >= 15 is 0 Å². The molecule has 2 saturated carbocycles. The fourth-order valence-electron chi connectivity index (χ4n) is 3.41. The van der Waals surface area contributed by atoms with Crippen LogP contribution in [0.15, 0.2) is 0 Å². The van der Waals surface area contributed by atoms with Crippen LogP contribution in [0.2, 0.25) is 0 Å². The van der Waals surface area contributed by atoms with Crippen LogP contribution in [0, 0.1) is 17.8 Å². The van der Waals surface area contributed by atoms with Crippen LogP contribution < -0.4 is 10.6 Å². The predicted molar refractivity (Wildman–Crippen MR) is 71.7 cm³/mol. The van der Waals surface area contributed by atoms with Gasteiger partial charge in [0, 0.05) is 13.0 Å². The molecule has 0 aromatic rings. The van der Waals surface area contributed by atoms with Gasteiger partial charge in [0.05, 0.1) is 0 Å². The topological polar surface area (TPSA) is 84.5 Å². The lowest BCUT2D eigenvalue weighted by Gasteiger charge is -2.20. The van der Waals surface area contributed by atoms with Gasteiger partial charge in [0.15, 0.2) is 6.61 Å². The third-order valence-corrected chi connectivity index (χ3v) is 4.27. The SMILES string of the molecule is CCNC(=O)NC(=O)COC(=O)C[C@@H]1C[C@H]2CC[C@H]1C2. The molecule has 0 radical (unpaired) electrons. The van der Waals surface area contributed by atoms with Gasteiger partial charge in [-0.2, -0.15) is 0 Å². The van der Waals surface area contributed by atoms with Crippen molar-refractivity contribution in [3.63, 3.8) is 0 Å². The summed E-state index contributed by atoms with van der Waals surface area (Å²) < 4.78 is 4.92. The largest absolute Gasteiger partial charge is 0.456 e. The minimum atomic E-state index is -0.600. The number of imide groups is 1. The molecular weight excluding hydrogens is 260 g/mol. The van der Waals surface area contributed by atoms with E-state index in [1.807, 2.05) is 0 Å². The van der Waals surface area contributed by atoms with Crippen molar-refractivity contribution in [2.24, 2.45) is 17.8 Å². The molecular formula is C14H22N2O4.